The lowest BCUT2D eigenvalue weighted by molar-refractivity contribution is 0.0170. The number of guanidine groups is 1. The third-order valence-corrected chi connectivity index (χ3v) is 6.51. The van der Waals surface area contributed by atoms with Crippen LogP contribution in [0.25, 0.3) is 0 Å². The van der Waals surface area contributed by atoms with Crippen LogP contribution < -0.4 is 15.4 Å². The Morgan fingerprint density at radius 2 is 1.81 bits per heavy atom. The molecule has 0 spiro atoms. The topological polar surface area (TPSA) is 78.4 Å². The number of benzene rings is 1. The van der Waals surface area contributed by atoms with E-state index in [1.807, 2.05) is 12.1 Å². The Labute approximate surface area is 211 Å². The molecule has 1 heterocycles. The van der Waals surface area contributed by atoms with Crippen molar-refractivity contribution in [2.24, 2.45) is 10.4 Å². The van der Waals surface area contributed by atoms with E-state index in [1.165, 1.54) is 5.56 Å². The van der Waals surface area contributed by atoms with Gasteiger partial charge >= 0.3 is 0 Å². The third-order valence-electron chi connectivity index (χ3n) is 6.51. The van der Waals surface area contributed by atoms with Crippen molar-refractivity contribution in [2.75, 3.05) is 59.7 Å². The Morgan fingerprint density at radius 1 is 1.16 bits per heavy atom. The molecule has 1 unspecified atom stereocenters. The van der Waals surface area contributed by atoms with Gasteiger partial charge < -0.3 is 25.2 Å². The van der Waals surface area contributed by atoms with Crippen molar-refractivity contribution in [1.29, 1.82) is 0 Å². The molecule has 2 rings (SSSR count). The van der Waals surface area contributed by atoms with Crippen LogP contribution >= 0.6 is 24.0 Å². The number of ether oxygens (including phenoxy) is 2. The molecular weight excluding hydrogens is 519 g/mol. The fourth-order valence-electron chi connectivity index (χ4n) is 4.10. The summed E-state index contributed by atoms with van der Waals surface area (Å²) in [6, 6.07) is 8.55. The predicted molar refractivity (Wildman–Crippen MR) is 142 cm³/mol. The molecule has 32 heavy (non-hydrogen) atoms. The average molecular weight is 563 g/mol. The van der Waals surface area contributed by atoms with Gasteiger partial charge in [0.05, 0.1) is 26.4 Å². The van der Waals surface area contributed by atoms with E-state index < -0.39 is 0 Å². The van der Waals surface area contributed by atoms with Crippen LogP contribution in [-0.4, -0.2) is 75.6 Å². The van der Waals surface area contributed by atoms with E-state index in [2.05, 4.69) is 48.4 Å². The summed E-state index contributed by atoms with van der Waals surface area (Å²) in [6.07, 6.45) is 2.80. The molecule has 1 fully saturated rings. The number of hydrogen-bond donors (Lipinski definition) is 3. The molecule has 0 amide bonds. The minimum atomic E-state index is 0. The summed E-state index contributed by atoms with van der Waals surface area (Å²) in [5, 5.41) is 16.5. The number of nitrogens with one attached hydrogen (secondary N) is 2. The van der Waals surface area contributed by atoms with E-state index in [1.54, 1.807) is 7.11 Å². The van der Waals surface area contributed by atoms with Crippen molar-refractivity contribution in [3.63, 3.8) is 0 Å². The normalized spacial score (nSPS) is 16.2. The van der Waals surface area contributed by atoms with Gasteiger partial charge in [-0.3, -0.25) is 9.89 Å². The first-order valence-corrected chi connectivity index (χ1v) is 11.7. The Hall–Kier alpha value is -1.10. The number of morpholine rings is 1. The van der Waals surface area contributed by atoms with Gasteiger partial charge in [-0.1, -0.05) is 26.0 Å². The first-order valence-electron chi connectivity index (χ1n) is 11.7. The van der Waals surface area contributed by atoms with Crippen molar-refractivity contribution in [3.8, 4) is 5.75 Å². The largest absolute Gasteiger partial charge is 0.497 e. The highest BCUT2D eigenvalue weighted by Gasteiger charge is 2.26. The molecule has 0 aliphatic carbocycles. The van der Waals surface area contributed by atoms with Crippen molar-refractivity contribution in [1.82, 2.24) is 15.5 Å². The highest BCUT2D eigenvalue weighted by atomic mass is 127. The summed E-state index contributed by atoms with van der Waals surface area (Å²) in [5.41, 5.74) is 1.30. The van der Waals surface area contributed by atoms with E-state index >= 15 is 0 Å². The monoisotopic (exact) mass is 562 g/mol. The Balaban J connectivity index is 0.00000512. The summed E-state index contributed by atoms with van der Waals surface area (Å²) in [6.45, 7) is 12.3. The van der Waals surface area contributed by atoms with Crippen LogP contribution in [0.3, 0.4) is 0 Å². The van der Waals surface area contributed by atoms with Gasteiger partial charge in [0.15, 0.2) is 5.96 Å². The quantitative estimate of drug-likeness (QED) is 0.206. The maximum atomic E-state index is 9.51. The molecule has 8 heteroatoms. The smallest absolute Gasteiger partial charge is 0.191 e. The van der Waals surface area contributed by atoms with Gasteiger partial charge in [-0.2, -0.15) is 0 Å². The number of halogens is 1. The zero-order chi connectivity index (χ0) is 22.5. The summed E-state index contributed by atoms with van der Waals surface area (Å²) < 4.78 is 10.9. The number of rotatable bonds is 12. The second-order valence-corrected chi connectivity index (χ2v) is 8.19. The van der Waals surface area contributed by atoms with E-state index in [4.69, 9.17) is 14.5 Å². The predicted octanol–water partition coefficient (Wildman–Crippen LogP) is 3.43. The number of aliphatic hydroxyl groups is 1. The molecule has 1 saturated heterocycles. The molecule has 184 valence electrons. The number of hydrogen-bond acceptors (Lipinski definition) is 5. The highest BCUT2D eigenvalue weighted by molar-refractivity contribution is 14.0. The number of aliphatic imine (C=N–C) groups is 1. The number of methoxy groups -OCH3 is 1. The summed E-state index contributed by atoms with van der Waals surface area (Å²) in [5.74, 6) is 1.70. The minimum absolute atomic E-state index is 0. The molecule has 0 radical (unpaired) electrons. The molecule has 1 aromatic carbocycles. The zero-order valence-electron chi connectivity index (χ0n) is 20.2. The van der Waals surface area contributed by atoms with Crippen molar-refractivity contribution >= 4 is 29.9 Å². The molecule has 0 aromatic heterocycles. The van der Waals surface area contributed by atoms with E-state index in [0.29, 0.717) is 6.54 Å². The van der Waals surface area contributed by atoms with Gasteiger partial charge in [-0.25, -0.2) is 0 Å². The molecule has 3 N–H and O–H groups in total. The summed E-state index contributed by atoms with van der Waals surface area (Å²) in [7, 11) is 1.69. The molecule has 7 nitrogen and oxygen atoms in total. The van der Waals surface area contributed by atoms with Gasteiger partial charge in [0.25, 0.3) is 0 Å². The number of nitrogens with zero attached hydrogens (tertiary/aromatic N) is 2. The van der Waals surface area contributed by atoms with Crippen LogP contribution in [0.2, 0.25) is 0 Å². The van der Waals surface area contributed by atoms with E-state index in [-0.39, 0.29) is 42.0 Å². The van der Waals surface area contributed by atoms with Crippen molar-refractivity contribution < 1.29 is 14.6 Å². The average Bonchev–Trinajstić information content (AvgIpc) is 2.82. The molecular formula is C24H43IN4O3. The standard InChI is InChI=1S/C24H42N4O3.HI/c1-5-24(6-2,12-15-29)19-27-23(25-7-3)26-18-22(28-13-16-31-17-14-28)20-8-10-21(30-4)11-9-20;/h8-11,22,29H,5-7,12-19H2,1-4H3,(H2,25,26,27);1H. The minimum Gasteiger partial charge on any atom is -0.497 e. The lowest BCUT2D eigenvalue weighted by atomic mass is 9.79. The van der Waals surface area contributed by atoms with Crippen molar-refractivity contribution in [2.45, 2.75) is 46.1 Å². The highest BCUT2D eigenvalue weighted by Crippen LogP contribution is 2.30. The molecule has 0 bridgehead atoms. The molecule has 1 atom stereocenters. The Morgan fingerprint density at radius 3 is 2.34 bits per heavy atom. The number of aliphatic hydroxyl groups excluding tert-OH is 1. The van der Waals surface area contributed by atoms with Crippen LogP contribution in [0.15, 0.2) is 29.3 Å². The third kappa shape index (κ3) is 8.68. The van der Waals surface area contributed by atoms with Gasteiger partial charge in [0.2, 0.25) is 0 Å². The Bertz CT molecular complexity index is 647. The maximum Gasteiger partial charge on any atom is 0.191 e. The van der Waals surface area contributed by atoms with Crippen LogP contribution in [0.1, 0.15) is 51.6 Å². The van der Waals surface area contributed by atoms with Gasteiger partial charge in [-0.05, 0) is 49.3 Å². The first-order chi connectivity index (χ1) is 15.1. The molecule has 1 aromatic rings. The summed E-state index contributed by atoms with van der Waals surface area (Å²) in [4.78, 5) is 7.37. The van der Waals surface area contributed by atoms with Crippen LogP contribution in [0.5, 0.6) is 5.75 Å². The van der Waals surface area contributed by atoms with Crippen LogP contribution in [0.4, 0.5) is 0 Å². The van der Waals surface area contributed by atoms with E-state index in [0.717, 1.165) is 70.4 Å². The summed E-state index contributed by atoms with van der Waals surface area (Å²) >= 11 is 0. The fraction of sp³-hybridized carbons (Fsp3) is 0.708. The van der Waals surface area contributed by atoms with Gasteiger partial charge in [-0.15, -0.1) is 24.0 Å². The van der Waals surface area contributed by atoms with Gasteiger partial charge in [0.1, 0.15) is 5.75 Å². The van der Waals surface area contributed by atoms with Crippen molar-refractivity contribution in [3.05, 3.63) is 29.8 Å². The van der Waals surface area contributed by atoms with Crippen LogP contribution in [0, 0.1) is 5.41 Å². The fourth-order valence-corrected chi connectivity index (χ4v) is 4.10. The second kappa shape index (κ2) is 15.7. The van der Waals surface area contributed by atoms with Gasteiger partial charge in [0, 0.05) is 39.3 Å². The van der Waals surface area contributed by atoms with E-state index in [9.17, 15) is 5.11 Å². The molecule has 1 aliphatic rings. The van der Waals surface area contributed by atoms with Crippen LogP contribution in [-0.2, 0) is 4.74 Å². The Kier molecular flexibility index (Phi) is 14.2. The second-order valence-electron chi connectivity index (χ2n) is 8.19. The zero-order valence-corrected chi connectivity index (χ0v) is 22.6. The lowest BCUT2D eigenvalue weighted by Gasteiger charge is -2.35. The maximum absolute atomic E-state index is 9.51. The SMILES string of the molecule is CCNC(=NCC(CC)(CC)CCO)NCC(c1ccc(OC)cc1)N1CCOCC1.I. The lowest BCUT2D eigenvalue weighted by Crippen LogP contribution is -2.46. The first kappa shape index (κ1) is 28.9. The molecule has 0 saturated carbocycles. The molecule has 1 aliphatic heterocycles.